The number of halogens is 4. The van der Waals surface area contributed by atoms with Crippen LogP contribution in [0.4, 0.5) is 18.9 Å². The Bertz CT molecular complexity index is 1170. The summed E-state index contributed by atoms with van der Waals surface area (Å²) in [4.78, 5) is 23.9. The zero-order valence-corrected chi connectivity index (χ0v) is 18.0. The number of hydrazone groups is 1. The monoisotopic (exact) mass is 467 g/mol. The molecule has 0 spiro atoms. The number of hydrogen-bond acceptors (Lipinski definition) is 4. The lowest BCUT2D eigenvalue weighted by Gasteiger charge is -2.08. The number of anilines is 1. The number of amides is 2. The molecule has 0 unspecified atom stereocenters. The van der Waals surface area contributed by atoms with Gasteiger partial charge in [0.05, 0.1) is 10.7 Å². The Morgan fingerprint density at radius 1 is 1.13 bits per heavy atom. The average molecular weight is 468 g/mol. The molecule has 3 rings (SSSR count). The highest BCUT2D eigenvalue weighted by Crippen LogP contribution is 2.36. The minimum absolute atomic E-state index is 0.00795. The summed E-state index contributed by atoms with van der Waals surface area (Å²) in [5.74, 6) is -2.51. The highest BCUT2D eigenvalue weighted by molar-refractivity contribution is 7.21. The Balaban J connectivity index is 1.71. The Kier molecular flexibility index (Phi) is 6.66. The summed E-state index contributed by atoms with van der Waals surface area (Å²) in [7, 11) is 0. The molecule has 0 aliphatic carbocycles. The lowest BCUT2D eigenvalue weighted by Crippen LogP contribution is -2.29. The minimum Gasteiger partial charge on any atom is -0.318 e. The third kappa shape index (κ3) is 5.23. The standard InChI is InChI=1S/C21H17ClF3N3O2S/c1-3-12-4-9-15-16(10-12)31-18(17(15)22)19(29)28-27-11(2)13-5-7-14(8-6-13)26-20(30)21(23,24)25/h4-10H,3H2,1-2H3,(H,26,30)(H,28,29)/b27-11+. The summed E-state index contributed by atoms with van der Waals surface area (Å²) >= 11 is 7.63. The van der Waals surface area contributed by atoms with Gasteiger partial charge in [0.1, 0.15) is 4.88 Å². The smallest absolute Gasteiger partial charge is 0.318 e. The minimum atomic E-state index is -4.97. The number of carbonyl (C=O) groups excluding carboxylic acids is 2. The van der Waals surface area contributed by atoms with Gasteiger partial charge in [0.2, 0.25) is 0 Å². The van der Waals surface area contributed by atoms with E-state index in [0.29, 0.717) is 21.2 Å². The molecule has 2 amide bonds. The first-order valence-corrected chi connectivity index (χ1v) is 10.3. The molecule has 0 fully saturated rings. The van der Waals surface area contributed by atoms with Crippen LogP contribution in [-0.4, -0.2) is 23.7 Å². The molecule has 3 aromatic rings. The maximum atomic E-state index is 12.5. The molecule has 162 valence electrons. The van der Waals surface area contributed by atoms with E-state index >= 15 is 0 Å². The lowest BCUT2D eigenvalue weighted by atomic mass is 10.1. The second-order valence-corrected chi connectivity index (χ2v) is 8.03. The summed E-state index contributed by atoms with van der Waals surface area (Å²) < 4.78 is 37.8. The van der Waals surface area contributed by atoms with E-state index in [1.165, 1.54) is 35.6 Å². The summed E-state index contributed by atoms with van der Waals surface area (Å²) in [6.07, 6.45) is -4.10. The predicted molar refractivity (Wildman–Crippen MR) is 117 cm³/mol. The second-order valence-electron chi connectivity index (χ2n) is 6.60. The Labute approximate surface area is 184 Å². The number of benzene rings is 2. The van der Waals surface area contributed by atoms with Gasteiger partial charge in [-0.05, 0) is 42.7 Å². The van der Waals surface area contributed by atoms with Gasteiger partial charge >= 0.3 is 12.1 Å². The molecule has 2 N–H and O–H groups in total. The third-order valence-electron chi connectivity index (χ3n) is 4.45. The lowest BCUT2D eigenvalue weighted by molar-refractivity contribution is -0.167. The number of carbonyl (C=O) groups is 2. The molecule has 0 bridgehead atoms. The second kappa shape index (κ2) is 9.07. The van der Waals surface area contributed by atoms with Crippen LogP contribution in [0.5, 0.6) is 0 Å². The van der Waals surface area contributed by atoms with Gasteiger partial charge < -0.3 is 5.32 Å². The van der Waals surface area contributed by atoms with E-state index in [2.05, 4.69) is 10.5 Å². The zero-order valence-electron chi connectivity index (χ0n) is 16.4. The topological polar surface area (TPSA) is 70.6 Å². The molecular formula is C21H17ClF3N3O2S. The molecule has 5 nitrogen and oxygen atoms in total. The van der Waals surface area contributed by atoms with E-state index in [4.69, 9.17) is 11.6 Å². The van der Waals surface area contributed by atoms with Gasteiger partial charge in [-0.15, -0.1) is 11.3 Å². The van der Waals surface area contributed by atoms with E-state index in [1.807, 2.05) is 25.1 Å². The van der Waals surface area contributed by atoms with Gasteiger partial charge in [0, 0.05) is 15.8 Å². The number of aryl methyl sites for hydroxylation is 1. The van der Waals surface area contributed by atoms with Crippen LogP contribution in [0.3, 0.4) is 0 Å². The van der Waals surface area contributed by atoms with Gasteiger partial charge in [-0.3, -0.25) is 9.59 Å². The van der Waals surface area contributed by atoms with Crippen LogP contribution in [0, 0.1) is 0 Å². The largest absolute Gasteiger partial charge is 0.471 e. The van der Waals surface area contributed by atoms with Crippen LogP contribution in [0.25, 0.3) is 10.1 Å². The number of fused-ring (bicyclic) bond motifs is 1. The number of nitrogens with one attached hydrogen (secondary N) is 2. The molecule has 1 aromatic heterocycles. The van der Waals surface area contributed by atoms with E-state index in [9.17, 15) is 22.8 Å². The van der Waals surface area contributed by atoms with Crippen LogP contribution in [0.1, 0.15) is 34.6 Å². The van der Waals surface area contributed by atoms with E-state index < -0.39 is 18.0 Å². The molecule has 0 radical (unpaired) electrons. The molecule has 31 heavy (non-hydrogen) atoms. The van der Waals surface area contributed by atoms with Gasteiger partial charge in [-0.25, -0.2) is 5.43 Å². The molecule has 10 heteroatoms. The van der Waals surface area contributed by atoms with Crippen LogP contribution in [0.2, 0.25) is 5.02 Å². The molecule has 0 aliphatic heterocycles. The van der Waals surface area contributed by atoms with Crippen molar-refractivity contribution in [3.63, 3.8) is 0 Å². The molecular weight excluding hydrogens is 451 g/mol. The normalized spacial score (nSPS) is 12.1. The zero-order chi connectivity index (χ0) is 22.8. The van der Waals surface area contributed by atoms with Crippen LogP contribution < -0.4 is 10.7 Å². The van der Waals surface area contributed by atoms with Crippen molar-refractivity contribution in [2.24, 2.45) is 5.10 Å². The number of nitrogens with zero attached hydrogens (tertiary/aromatic N) is 1. The van der Waals surface area contributed by atoms with Crippen LogP contribution in [-0.2, 0) is 11.2 Å². The van der Waals surface area contributed by atoms with Crippen molar-refractivity contribution < 1.29 is 22.8 Å². The fraction of sp³-hybridized carbons (Fsp3) is 0.190. The number of thiophene rings is 1. The van der Waals surface area contributed by atoms with Crippen molar-refractivity contribution in [1.82, 2.24) is 5.43 Å². The number of hydrogen-bond donors (Lipinski definition) is 2. The van der Waals surface area contributed by atoms with Crippen molar-refractivity contribution in [2.45, 2.75) is 26.4 Å². The van der Waals surface area contributed by atoms with Gasteiger partial charge in [-0.1, -0.05) is 42.8 Å². The highest BCUT2D eigenvalue weighted by Gasteiger charge is 2.38. The maximum absolute atomic E-state index is 12.5. The quantitative estimate of drug-likeness (QED) is 0.369. The third-order valence-corrected chi connectivity index (χ3v) is 6.11. The summed E-state index contributed by atoms with van der Waals surface area (Å²) in [6, 6.07) is 11.4. The van der Waals surface area contributed by atoms with Crippen LogP contribution in [0.15, 0.2) is 47.6 Å². The van der Waals surface area contributed by atoms with Crippen molar-refractivity contribution in [1.29, 1.82) is 0 Å². The SMILES string of the molecule is CCc1ccc2c(Cl)c(C(=O)N/N=C(\C)c3ccc(NC(=O)C(F)(F)F)cc3)sc2c1. The molecule has 0 aliphatic rings. The molecule has 0 saturated carbocycles. The Morgan fingerprint density at radius 3 is 2.42 bits per heavy atom. The average Bonchev–Trinajstić information content (AvgIpc) is 3.07. The predicted octanol–water partition coefficient (Wildman–Crippen LogP) is 5.77. The molecule has 2 aromatic carbocycles. The molecule has 0 atom stereocenters. The van der Waals surface area contributed by atoms with Gasteiger partial charge in [0.15, 0.2) is 0 Å². The van der Waals surface area contributed by atoms with Crippen molar-refractivity contribution >= 4 is 56.2 Å². The maximum Gasteiger partial charge on any atom is 0.471 e. The number of alkyl halides is 3. The van der Waals surface area contributed by atoms with E-state index in [-0.39, 0.29) is 5.69 Å². The first kappa shape index (κ1) is 22.8. The Hall–Kier alpha value is -2.91. The van der Waals surface area contributed by atoms with Crippen molar-refractivity contribution in [3.05, 3.63) is 63.5 Å². The molecule has 0 saturated heterocycles. The Morgan fingerprint density at radius 2 is 1.81 bits per heavy atom. The first-order valence-electron chi connectivity index (χ1n) is 9.14. The van der Waals surface area contributed by atoms with Crippen LogP contribution >= 0.6 is 22.9 Å². The van der Waals surface area contributed by atoms with Gasteiger partial charge in [0.25, 0.3) is 5.91 Å². The summed E-state index contributed by atoms with van der Waals surface area (Å²) in [6.45, 7) is 3.67. The number of rotatable bonds is 5. The molecule has 1 heterocycles. The van der Waals surface area contributed by atoms with Crippen molar-refractivity contribution in [3.8, 4) is 0 Å². The fourth-order valence-electron chi connectivity index (χ4n) is 2.72. The first-order chi connectivity index (χ1) is 14.6. The summed E-state index contributed by atoms with van der Waals surface area (Å²) in [5, 5.41) is 6.96. The van der Waals surface area contributed by atoms with Gasteiger partial charge in [-0.2, -0.15) is 18.3 Å². The fourth-order valence-corrected chi connectivity index (χ4v) is 4.19. The summed E-state index contributed by atoms with van der Waals surface area (Å²) in [5.41, 5.74) is 4.56. The van der Waals surface area contributed by atoms with Crippen molar-refractivity contribution in [2.75, 3.05) is 5.32 Å². The highest BCUT2D eigenvalue weighted by atomic mass is 35.5. The van der Waals surface area contributed by atoms with E-state index in [1.54, 1.807) is 12.2 Å². The van der Waals surface area contributed by atoms with E-state index in [0.717, 1.165) is 22.1 Å².